The summed E-state index contributed by atoms with van der Waals surface area (Å²) in [6, 6.07) is 0.431. The Kier molecular flexibility index (Phi) is 3.98. The van der Waals surface area contributed by atoms with Gasteiger partial charge in [0.15, 0.2) is 17.0 Å². The number of rotatable bonds is 5. The maximum Gasteiger partial charge on any atom is 0.224 e. The third-order valence-electron chi connectivity index (χ3n) is 4.18. The summed E-state index contributed by atoms with van der Waals surface area (Å²) in [7, 11) is 0. The van der Waals surface area contributed by atoms with Gasteiger partial charge in [-0.2, -0.15) is 9.97 Å². The molecule has 0 spiro atoms. The van der Waals surface area contributed by atoms with E-state index in [0.29, 0.717) is 5.82 Å². The van der Waals surface area contributed by atoms with E-state index in [-0.39, 0.29) is 30.6 Å². The second kappa shape index (κ2) is 5.92. The minimum atomic E-state index is 0.146. The van der Waals surface area contributed by atoms with Crippen molar-refractivity contribution >= 4 is 22.9 Å². The van der Waals surface area contributed by atoms with Crippen LogP contribution >= 0.6 is 0 Å². The summed E-state index contributed by atoms with van der Waals surface area (Å²) in [5.41, 5.74) is 7.32. The molecule has 0 aliphatic heterocycles. The molecule has 1 aliphatic carbocycles. The van der Waals surface area contributed by atoms with Gasteiger partial charge in [-0.25, -0.2) is 4.98 Å². The molecule has 2 heterocycles. The SMILES string of the molecule is CCC(C)Nc1nc(N)nc2c1ncn2[C@H]1C=C[C@@H](CO)C1. The van der Waals surface area contributed by atoms with Gasteiger partial charge in [0.2, 0.25) is 5.95 Å². The zero-order chi connectivity index (χ0) is 15.7. The third kappa shape index (κ3) is 2.64. The average Bonchev–Trinajstić information content (AvgIpc) is 3.12. The molecule has 2 aromatic rings. The van der Waals surface area contributed by atoms with Gasteiger partial charge in [-0.3, -0.25) is 0 Å². The van der Waals surface area contributed by atoms with E-state index in [4.69, 9.17) is 5.73 Å². The van der Waals surface area contributed by atoms with Crippen molar-refractivity contribution in [3.8, 4) is 0 Å². The van der Waals surface area contributed by atoms with Crippen LogP contribution in [0.5, 0.6) is 0 Å². The molecule has 1 aliphatic rings. The Morgan fingerprint density at radius 1 is 1.45 bits per heavy atom. The highest BCUT2D eigenvalue weighted by atomic mass is 16.3. The number of anilines is 2. The molecule has 0 bridgehead atoms. The number of nitrogens with zero attached hydrogens (tertiary/aromatic N) is 4. The van der Waals surface area contributed by atoms with Gasteiger partial charge in [-0.05, 0) is 19.8 Å². The molecule has 0 saturated heterocycles. The number of allylic oxidation sites excluding steroid dienone is 1. The molecular formula is C15H22N6O. The van der Waals surface area contributed by atoms with Crippen LogP contribution in [0.25, 0.3) is 11.2 Å². The van der Waals surface area contributed by atoms with Crippen molar-refractivity contribution in [1.82, 2.24) is 19.5 Å². The second-order valence-electron chi connectivity index (χ2n) is 5.84. The number of aromatic nitrogens is 4. The van der Waals surface area contributed by atoms with Crippen molar-refractivity contribution < 1.29 is 5.11 Å². The Hall–Kier alpha value is -2.15. The van der Waals surface area contributed by atoms with Crippen molar-refractivity contribution in [1.29, 1.82) is 0 Å². The summed E-state index contributed by atoms with van der Waals surface area (Å²) < 4.78 is 2.00. The van der Waals surface area contributed by atoms with Gasteiger partial charge >= 0.3 is 0 Å². The van der Waals surface area contributed by atoms with E-state index in [1.165, 1.54) is 0 Å². The van der Waals surface area contributed by atoms with Crippen LogP contribution in [0.1, 0.15) is 32.7 Å². The lowest BCUT2D eigenvalue weighted by Crippen LogP contribution is -2.16. The Bertz CT molecular complexity index is 695. The molecule has 3 rings (SSSR count). The molecule has 22 heavy (non-hydrogen) atoms. The van der Waals surface area contributed by atoms with Gasteiger partial charge in [0, 0.05) is 18.6 Å². The number of nitrogen functional groups attached to an aromatic ring is 1. The largest absolute Gasteiger partial charge is 0.396 e. The van der Waals surface area contributed by atoms with E-state index in [2.05, 4.69) is 40.2 Å². The minimum absolute atomic E-state index is 0.146. The van der Waals surface area contributed by atoms with Crippen molar-refractivity contribution in [2.75, 3.05) is 17.7 Å². The number of fused-ring (bicyclic) bond motifs is 1. The topological polar surface area (TPSA) is 102 Å². The Balaban J connectivity index is 1.99. The summed E-state index contributed by atoms with van der Waals surface area (Å²) in [6.45, 7) is 4.36. The quantitative estimate of drug-likeness (QED) is 0.727. The van der Waals surface area contributed by atoms with E-state index >= 15 is 0 Å². The van der Waals surface area contributed by atoms with E-state index in [1.807, 2.05) is 10.6 Å². The molecule has 2 aromatic heterocycles. The first-order valence-electron chi connectivity index (χ1n) is 7.68. The van der Waals surface area contributed by atoms with Gasteiger partial charge in [-0.1, -0.05) is 19.1 Å². The molecule has 0 amide bonds. The van der Waals surface area contributed by atoms with Crippen molar-refractivity contribution in [2.24, 2.45) is 5.92 Å². The summed E-state index contributed by atoms with van der Waals surface area (Å²) in [6.07, 6.45) is 7.73. The molecule has 1 unspecified atom stereocenters. The highest BCUT2D eigenvalue weighted by Gasteiger charge is 2.23. The molecule has 118 valence electrons. The van der Waals surface area contributed by atoms with E-state index in [0.717, 1.165) is 24.0 Å². The van der Waals surface area contributed by atoms with E-state index in [1.54, 1.807) is 6.33 Å². The minimum Gasteiger partial charge on any atom is -0.396 e. The fourth-order valence-corrected chi connectivity index (χ4v) is 2.71. The molecule has 0 radical (unpaired) electrons. The zero-order valence-electron chi connectivity index (χ0n) is 12.9. The maximum absolute atomic E-state index is 9.28. The molecule has 7 heteroatoms. The number of nitrogens with two attached hydrogens (primary N) is 1. The lowest BCUT2D eigenvalue weighted by molar-refractivity contribution is 0.244. The molecule has 7 nitrogen and oxygen atoms in total. The first-order chi connectivity index (χ1) is 10.6. The van der Waals surface area contributed by atoms with Crippen LogP contribution in [0.15, 0.2) is 18.5 Å². The number of hydrogen-bond donors (Lipinski definition) is 3. The van der Waals surface area contributed by atoms with Crippen LogP contribution in [0.3, 0.4) is 0 Å². The molecule has 0 fully saturated rings. The highest BCUT2D eigenvalue weighted by molar-refractivity contribution is 5.84. The fraction of sp³-hybridized carbons (Fsp3) is 0.533. The molecular weight excluding hydrogens is 280 g/mol. The second-order valence-corrected chi connectivity index (χ2v) is 5.84. The van der Waals surface area contributed by atoms with Crippen LogP contribution in [0.2, 0.25) is 0 Å². The van der Waals surface area contributed by atoms with Crippen molar-refractivity contribution in [3.63, 3.8) is 0 Å². The summed E-state index contributed by atoms with van der Waals surface area (Å²) in [5.74, 6) is 1.11. The standard InChI is InChI=1S/C15H22N6O/c1-3-9(2)18-13-12-14(20-15(16)19-13)21(8-17-12)11-5-4-10(6-11)7-22/h4-5,8-11,22H,3,6-7H2,1-2H3,(H3,16,18,19,20)/t9?,10-,11+/m1/s1. The maximum atomic E-state index is 9.28. The number of hydrogen-bond acceptors (Lipinski definition) is 6. The summed E-state index contributed by atoms with van der Waals surface area (Å²) in [4.78, 5) is 13.1. The third-order valence-corrected chi connectivity index (χ3v) is 4.18. The predicted molar refractivity (Wildman–Crippen MR) is 86.5 cm³/mol. The predicted octanol–water partition coefficient (Wildman–Crippen LogP) is 1.73. The normalized spacial score (nSPS) is 22.3. The zero-order valence-corrected chi connectivity index (χ0v) is 12.9. The lowest BCUT2D eigenvalue weighted by Gasteiger charge is -2.14. The van der Waals surface area contributed by atoms with Crippen molar-refractivity contribution in [2.45, 2.75) is 38.8 Å². The van der Waals surface area contributed by atoms with Crippen LogP contribution < -0.4 is 11.1 Å². The number of aliphatic hydroxyl groups excluding tert-OH is 1. The summed E-state index contributed by atoms with van der Waals surface area (Å²) in [5, 5.41) is 12.6. The van der Waals surface area contributed by atoms with Gasteiger partial charge < -0.3 is 20.7 Å². The number of aliphatic hydroxyl groups is 1. The molecule has 0 saturated carbocycles. The van der Waals surface area contributed by atoms with E-state index in [9.17, 15) is 5.11 Å². The Labute approximate surface area is 129 Å². The van der Waals surface area contributed by atoms with Gasteiger partial charge in [0.05, 0.1) is 12.4 Å². The lowest BCUT2D eigenvalue weighted by atomic mass is 10.1. The highest BCUT2D eigenvalue weighted by Crippen LogP contribution is 2.31. The molecule has 0 aromatic carbocycles. The molecule has 3 atom stereocenters. The first-order valence-corrected chi connectivity index (χ1v) is 7.68. The van der Waals surface area contributed by atoms with Crippen LogP contribution in [-0.4, -0.2) is 37.3 Å². The molecule has 4 N–H and O–H groups in total. The smallest absolute Gasteiger partial charge is 0.224 e. The fourth-order valence-electron chi connectivity index (χ4n) is 2.71. The van der Waals surface area contributed by atoms with Gasteiger partial charge in [0.25, 0.3) is 0 Å². The van der Waals surface area contributed by atoms with E-state index < -0.39 is 0 Å². The Morgan fingerprint density at radius 2 is 2.27 bits per heavy atom. The van der Waals surface area contributed by atoms with Gasteiger partial charge in [-0.15, -0.1) is 0 Å². The average molecular weight is 302 g/mol. The number of imidazole rings is 1. The van der Waals surface area contributed by atoms with Crippen LogP contribution in [-0.2, 0) is 0 Å². The number of nitrogens with one attached hydrogen (secondary N) is 1. The van der Waals surface area contributed by atoms with Crippen molar-refractivity contribution in [3.05, 3.63) is 18.5 Å². The first kappa shape index (κ1) is 14.8. The Morgan fingerprint density at radius 3 is 2.95 bits per heavy atom. The summed E-state index contributed by atoms with van der Waals surface area (Å²) >= 11 is 0. The van der Waals surface area contributed by atoms with Gasteiger partial charge in [0.1, 0.15) is 0 Å². The monoisotopic (exact) mass is 302 g/mol. The van der Waals surface area contributed by atoms with Crippen LogP contribution in [0.4, 0.5) is 11.8 Å². The van der Waals surface area contributed by atoms with Crippen LogP contribution in [0, 0.1) is 5.92 Å².